The van der Waals surface area contributed by atoms with E-state index < -0.39 is 18.1 Å². The van der Waals surface area contributed by atoms with E-state index in [9.17, 15) is 22.8 Å². The minimum atomic E-state index is -4.81. The summed E-state index contributed by atoms with van der Waals surface area (Å²) in [5.41, 5.74) is 0.196. The molecule has 130 valence electrons. The first kappa shape index (κ1) is 17.0. The van der Waals surface area contributed by atoms with Crippen LogP contribution < -0.4 is 10.3 Å². The highest BCUT2D eigenvalue weighted by Gasteiger charge is 2.31. The number of carbonyl (C=O) groups is 1. The van der Waals surface area contributed by atoms with Crippen molar-refractivity contribution in [2.24, 2.45) is 0 Å². The van der Waals surface area contributed by atoms with Gasteiger partial charge in [-0.05, 0) is 35.7 Å². The van der Waals surface area contributed by atoms with Crippen molar-refractivity contribution in [1.82, 2.24) is 9.97 Å². The molecule has 3 aromatic rings. The molecule has 0 aliphatic carbocycles. The fraction of sp³-hybridized carbons (Fsp3) is 0.133. The van der Waals surface area contributed by atoms with E-state index in [-0.39, 0.29) is 23.6 Å². The number of thiophene rings is 1. The van der Waals surface area contributed by atoms with Gasteiger partial charge in [-0.3, -0.25) is 4.79 Å². The molecular weight excluding hydrogens is 361 g/mol. The van der Waals surface area contributed by atoms with Crippen molar-refractivity contribution in [2.75, 3.05) is 0 Å². The van der Waals surface area contributed by atoms with Crippen LogP contribution in [0, 0.1) is 0 Å². The predicted molar refractivity (Wildman–Crippen MR) is 82.5 cm³/mol. The number of benzene rings is 1. The summed E-state index contributed by atoms with van der Waals surface area (Å²) in [6.07, 6.45) is -4.81. The van der Waals surface area contributed by atoms with Crippen molar-refractivity contribution < 1.29 is 27.4 Å². The first-order valence-corrected chi connectivity index (χ1v) is 7.69. The molecule has 0 bridgehead atoms. The second-order valence-electron chi connectivity index (χ2n) is 4.80. The van der Waals surface area contributed by atoms with Gasteiger partial charge < -0.3 is 14.5 Å². The number of H-pyrrole nitrogens is 1. The van der Waals surface area contributed by atoms with E-state index in [1.165, 1.54) is 11.3 Å². The van der Waals surface area contributed by atoms with Gasteiger partial charge in [0.25, 0.3) is 5.56 Å². The molecule has 0 aliphatic heterocycles. The van der Waals surface area contributed by atoms with Gasteiger partial charge in [-0.15, -0.1) is 24.5 Å². The molecule has 2 heterocycles. The molecular formula is C15H9F3N2O4S. The third kappa shape index (κ3) is 4.15. The van der Waals surface area contributed by atoms with Gasteiger partial charge in [0.2, 0.25) is 0 Å². The summed E-state index contributed by atoms with van der Waals surface area (Å²) in [6.45, 7) is -0.277. The lowest BCUT2D eigenvalue weighted by Gasteiger charge is -2.09. The number of nitrogens with zero attached hydrogens (tertiary/aromatic N) is 1. The molecule has 25 heavy (non-hydrogen) atoms. The first-order valence-electron chi connectivity index (χ1n) is 6.81. The molecule has 0 radical (unpaired) electrons. The van der Waals surface area contributed by atoms with Crippen LogP contribution >= 0.6 is 11.3 Å². The van der Waals surface area contributed by atoms with Gasteiger partial charge in [0.1, 0.15) is 22.9 Å². The summed E-state index contributed by atoms with van der Waals surface area (Å²) in [5.74, 6) is -1.05. The molecule has 2 aromatic heterocycles. The second kappa shape index (κ2) is 6.55. The highest BCUT2D eigenvalue weighted by atomic mass is 32.1. The van der Waals surface area contributed by atoms with Gasteiger partial charge >= 0.3 is 12.3 Å². The molecule has 6 nitrogen and oxygen atoms in total. The van der Waals surface area contributed by atoms with Crippen LogP contribution in [0.5, 0.6) is 5.75 Å². The quantitative estimate of drug-likeness (QED) is 0.713. The number of hydrogen-bond donors (Lipinski definition) is 1. The molecule has 0 amide bonds. The van der Waals surface area contributed by atoms with Gasteiger partial charge in [-0.25, -0.2) is 9.78 Å². The largest absolute Gasteiger partial charge is 0.573 e. The lowest BCUT2D eigenvalue weighted by molar-refractivity contribution is -0.274. The third-order valence-corrected chi connectivity index (χ3v) is 3.93. The zero-order chi connectivity index (χ0) is 18.0. The van der Waals surface area contributed by atoms with Gasteiger partial charge in [-0.2, -0.15) is 0 Å². The zero-order valence-electron chi connectivity index (χ0n) is 12.3. The molecule has 10 heteroatoms. The number of fused-ring (bicyclic) bond motifs is 1. The van der Waals surface area contributed by atoms with E-state index in [0.717, 1.165) is 24.3 Å². The van der Waals surface area contributed by atoms with Crippen LogP contribution in [0.25, 0.3) is 10.2 Å². The fourth-order valence-corrected chi connectivity index (χ4v) is 2.73. The number of esters is 1. The molecule has 0 saturated heterocycles. The van der Waals surface area contributed by atoms with Crippen molar-refractivity contribution >= 4 is 27.5 Å². The molecule has 1 aromatic carbocycles. The Bertz CT molecular complexity index is 963. The van der Waals surface area contributed by atoms with E-state index in [2.05, 4.69) is 14.7 Å². The van der Waals surface area contributed by atoms with Crippen LogP contribution in [-0.4, -0.2) is 22.3 Å². The number of aromatic amines is 1. The molecule has 0 unspecified atom stereocenters. The average Bonchev–Trinajstić information content (AvgIpc) is 3.01. The van der Waals surface area contributed by atoms with E-state index >= 15 is 0 Å². The van der Waals surface area contributed by atoms with Gasteiger partial charge in [0, 0.05) is 0 Å². The second-order valence-corrected chi connectivity index (χ2v) is 5.71. The SMILES string of the molecule is O=C(OCc1nc2ccsc2c(=O)[nH]1)c1ccc(OC(F)(F)F)cc1. The van der Waals surface area contributed by atoms with Gasteiger partial charge in [0.15, 0.2) is 0 Å². The highest BCUT2D eigenvalue weighted by Crippen LogP contribution is 2.23. The Labute approximate surface area is 141 Å². The standard InChI is InChI=1S/C15H9F3N2O4S/c16-15(17,18)24-9-3-1-8(2-4-9)14(22)23-7-11-19-10-5-6-25-12(10)13(21)20-11/h1-6H,7H2,(H,19,20,21). The Kier molecular flexibility index (Phi) is 4.45. The minimum absolute atomic E-state index is 0.0356. The third-order valence-electron chi connectivity index (χ3n) is 3.03. The molecule has 0 fully saturated rings. The first-order chi connectivity index (χ1) is 11.8. The number of carbonyl (C=O) groups excluding carboxylic acids is 1. The van der Waals surface area contributed by atoms with Gasteiger partial charge in [-0.1, -0.05) is 0 Å². The van der Waals surface area contributed by atoms with E-state index in [4.69, 9.17) is 4.74 Å². The number of halogens is 3. The zero-order valence-corrected chi connectivity index (χ0v) is 13.1. The summed E-state index contributed by atoms with van der Waals surface area (Å²) < 4.78 is 45.4. The molecule has 1 N–H and O–H groups in total. The number of alkyl halides is 3. The van der Waals surface area contributed by atoms with Crippen LogP contribution in [0.4, 0.5) is 13.2 Å². The number of hydrogen-bond acceptors (Lipinski definition) is 6. The minimum Gasteiger partial charge on any atom is -0.454 e. The van der Waals surface area contributed by atoms with Crippen molar-refractivity contribution in [2.45, 2.75) is 13.0 Å². The summed E-state index contributed by atoms with van der Waals surface area (Å²) in [6, 6.07) is 5.95. The predicted octanol–water partition coefficient (Wildman–Crippen LogP) is 3.24. The summed E-state index contributed by atoms with van der Waals surface area (Å²) >= 11 is 1.24. The highest BCUT2D eigenvalue weighted by molar-refractivity contribution is 7.17. The Morgan fingerprint density at radius 2 is 1.92 bits per heavy atom. The topological polar surface area (TPSA) is 81.3 Å². The van der Waals surface area contributed by atoms with Crippen LogP contribution in [-0.2, 0) is 11.3 Å². The van der Waals surface area contributed by atoms with E-state index in [1.807, 2.05) is 0 Å². The summed E-state index contributed by atoms with van der Waals surface area (Å²) in [5, 5.41) is 1.72. The van der Waals surface area contributed by atoms with Crippen LogP contribution in [0.1, 0.15) is 16.2 Å². The van der Waals surface area contributed by atoms with Gasteiger partial charge in [0.05, 0.1) is 11.1 Å². The number of aromatic nitrogens is 2. The number of rotatable bonds is 4. The maximum absolute atomic E-state index is 12.1. The van der Waals surface area contributed by atoms with Crippen molar-refractivity contribution in [1.29, 1.82) is 0 Å². The molecule has 3 rings (SSSR count). The fourth-order valence-electron chi connectivity index (χ4n) is 2.00. The Morgan fingerprint density at radius 3 is 2.60 bits per heavy atom. The lowest BCUT2D eigenvalue weighted by atomic mass is 10.2. The number of nitrogens with one attached hydrogen (secondary N) is 1. The van der Waals surface area contributed by atoms with Crippen LogP contribution in [0.15, 0.2) is 40.5 Å². The van der Waals surface area contributed by atoms with E-state index in [1.54, 1.807) is 11.4 Å². The van der Waals surface area contributed by atoms with E-state index in [0.29, 0.717) is 10.2 Å². The molecule has 0 atom stereocenters. The van der Waals surface area contributed by atoms with Crippen molar-refractivity contribution in [3.63, 3.8) is 0 Å². The Morgan fingerprint density at radius 1 is 1.20 bits per heavy atom. The van der Waals surface area contributed by atoms with Crippen molar-refractivity contribution in [3.8, 4) is 5.75 Å². The summed E-state index contributed by atoms with van der Waals surface area (Å²) in [7, 11) is 0. The van der Waals surface area contributed by atoms with Crippen LogP contribution in [0.3, 0.4) is 0 Å². The molecule has 0 aliphatic rings. The molecule has 0 spiro atoms. The monoisotopic (exact) mass is 370 g/mol. The number of ether oxygens (including phenoxy) is 2. The lowest BCUT2D eigenvalue weighted by Crippen LogP contribution is -2.17. The van der Waals surface area contributed by atoms with Crippen molar-refractivity contribution in [3.05, 3.63) is 57.5 Å². The smallest absolute Gasteiger partial charge is 0.454 e. The Hall–Kier alpha value is -2.88. The van der Waals surface area contributed by atoms with Crippen LogP contribution in [0.2, 0.25) is 0 Å². The summed E-state index contributed by atoms with van der Waals surface area (Å²) in [4.78, 5) is 30.4. The maximum Gasteiger partial charge on any atom is 0.573 e. The Balaban J connectivity index is 1.66. The maximum atomic E-state index is 12.1. The normalized spacial score (nSPS) is 11.5. The average molecular weight is 370 g/mol. The molecule has 0 saturated carbocycles.